The van der Waals surface area contributed by atoms with Crippen molar-refractivity contribution in [2.75, 3.05) is 20.6 Å². The van der Waals surface area contributed by atoms with Crippen LogP contribution in [0.5, 0.6) is 0 Å². The van der Waals surface area contributed by atoms with Gasteiger partial charge >= 0.3 is 0 Å². The number of amides is 1. The van der Waals surface area contributed by atoms with E-state index in [1.54, 1.807) is 4.90 Å². The molecule has 1 heterocycles. The molecule has 0 unspecified atom stereocenters. The first-order valence-electron chi connectivity index (χ1n) is 3.65. The van der Waals surface area contributed by atoms with Crippen LogP contribution in [0.15, 0.2) is 0 Å². The largest absolute Gasteiger partial charge is 0.346 e. The molecule has 1 rings (SSSR count). The lowest BCUT2D eigenvalue weighted by Crippen LogP contribution is -2.42. The zero-order valence-electron chi connectivity index (χ0n) is 6.55. The normalized spacial score (nSPS) is 27.2. The van der Waals surface area contributed by atoms with Gasteiger partial charge in [0.15, 0.2) is 0 Å². The molecule has 0 bridgehead atoms. The summed E-state index contributed by atoms with van der Waals surface area (Å²) in [5.41, 5.74) is 0. The van der Waals surface area contributed by atoms with Crippen molar-refractivity contribution in [1.82, 2.24) is 10.2 Å². The molecule has 1 aliphatic rings. The maximum atomic E-state index is 11.0. The van der Waals surface area contributed by atoms with Crippen molar-refractivity contribution in [3.8, 4) is 0 Å². The summed E-state index contributed by atoms with van der Waals surface area (Å²) in [7, 11) is 3.76. The summed E-state index contributed by atoms with van der Waals surface area (Å²) in [6, 6.07) is 0.406. The Morgan fingerprint density at radius 1 is 1.70 bits per heavy atom. The fraction of sp³-hybridized carbons (Fsp3) is 0.857. The van der Waals surface area contributed by atoms with Gasteiger partial charge in [0.2, 0.25) is 5.91 Å². The van der Waals surface area contributed by atoms with Crippen LogP contribution in [0.3, 0.4) is 0 Å². The van der Waals surface area contributed by atoms with Gasteiger partial charge in [-0.15, -0.1) is 0 Å². The van der Waals surface area contributed by atoms with Gasteiger partial charge in [-0.1, -0.05) is 0 Å². The fourth-order valence-corrected chi connectivity index (χ4v) is 1.19. The second-order valence-corrected chi connectivity index (χ2v) is 2.79. The van der Waals surface area contributed by atoms with E-state index in [0.29, 0.717) is 12.5 Å². The van der Waals surface area contributed by atoms with Crippen LogP contribution in [0, 0.1) is 0 Å². The van der Waals surface area contributed by atoms with E-state index < -0.39 is 0 Å². The molecular formula is C7H14N2O. The van der Waals surface area contributed by atoms with E-state index in [-0.39, 0.29) is 5.91 Å². The molecule has 0 saturated carbocycles. The van der Waals surface area contributed by atoms with Crippen molar-refractivity contribution >= 4 is 5.91 Å². The lowest BCUT2D eigenvalue weighted by atomic mass is 10.1. The highest BCUT2D eigenvalue weighted by Crippen LogP contribution is 2.08. The number of piperidine rings is 1. The number of likely N-dealkylation sites (tertiary alicyclic amines) is 1. The number of carbonyl (C=O) groups excluding carboxylic acids is 1. The number of rotatable bonds is 1. The molecule has 3 nitrogen and oxygen atoms in total. The molecule has 1 atom stereocenters. The van der Waals surface area contributed by atoms with Gasteiger partial charge in [0.05, 0.1) is 0 Å². The highest BCUT2D eigenvalue weighted by Gasteiger charge is 2.21. The Kier molecular flexibility index (Phi) is 2.27. The molecule has 0 aromatic carbocycles. The van der Waals surface area contributed by atoms with Crippen molar-refractivity contribution in [2.45, 2.75) is 18.9 Å². The van der Waals surface area contributed by atoms with Gasteiger partial charge in [0, 0.05) is 26.1 Å². The van der Waals surface area contributed by atoms with Gasteiger partial charge in [-0.05, 0) is 13.5 Å². The maximum Gasteiger partial charge on any atom is 0.223 e. The van der Waals surface area contributed by atoms with E-state index in [4.69, 9.17) is 0 Å². The van der Waals surface area contributed by atoms with Gasteiger partial charge in [-0.25, -0.2) is 0 Å². The number of carbonyl (C=O) groups is 1. The van der Waals surface area contributed by atoms with Crippen LogP contribution < -0.4 is 5.32 Å². The van der Waals surface area contributed by atoms with Crippen LogP contribution >= 0.6 is 0 Å². The predicted molar refractivity (Wildman–Crippen MR) is 39.7 cm³/mol. The summed E-state index contributed by atoms with van der Waals surface area (Å²) in [6.45, 7) is 0.893. The van der Waals surface area contributed by atoms with Gasteiger partial charge in [0.25, 0.3) is 0 Å². The van der Waals surface area contributed by atoms with E-state index in [2.05, 4.69) is 5.32 Å². The van der Waals surface area contributed by atoms with E-state index in [1.807, 2.05) is 14.1 Å². The lowest BCUT2D eigenvalue weighted by molar-refractivity contribution is -0.132. The molecular weight excluding hydrogens is 128 g/mol. The van der Waals surface area contributed by atoms with E-state index >= 15 is 0 Å². The molecule has 0 aromatic rings. The first kappa shape index (κ1) is 7.54. The quantitative estimate of drug-likeness (QED) is 0.551. The van der Waals surface area contributed by atoms with Crippen LogP contribution in [0.2, 0.25) is 0 Å². The zero-order chi connectivity index (χ0) is 7.56. The molecule has 58 valence electrons. The summed E-state index contributed by atoms with van der Waals surface area (Å²) in [5.74, 6) is 0.255. The third-order valence-corrected chi connectivity index (χ3v) is 2.07. The number of nitrogens with one attached hydrogen (secondary N) is 1. The molecule has 0 spiro atoms. The Balaban J connectivity index is 2.41. The third-order valence-electron chi connectivity index (χ3n) is 2.07. The monoisotopic (exact) mass is 142 g/mol. The second kappa shape index (κ2) is 3.01. The van der Waals surface area contributed by atoms with Crippen molar-refractivity contribution in [2.24, 2.45) is 0 Å². The SMILES string of the molecule is CN[C@H]1CCN(C)C(=O)C1. The van der Waals surface area contributed by atoms with E-state index in [1.165, 1.54) is 0 Å². The van der Waals surface area contributed by atoms with Gasteiger partial charge in [-0.3, -0.25) is 4.79 Å². The molecule has 0 radical (unpaired) electrons. The van der Waals surface area contributed by atoms with Gasteiger partial charge in [-0.2, -0.15) is 0 Å². The fourth-order valence-electron chi connectivity index (χ4n) is 1.19. The molecule has 3 heteroatoms. The second-order valence-electron chi connectivity index (χ2n) is 2.79. The van der Waals surface area contributed by atoms with Crippen LogP contribution in [-0.4, -0.2) is 37.5 Å². The maximum absolute atomic E-state index is 11.0. The Morgan fingerprint density at radius 3 is 2.90 bits per heavy atom. The van der Waals surface area contributed by atoms with Crippen LogP contribution in [0.1, 0.15) is 12.8 Å². The highest BCUT2D eigenvalue weighted by atomic mass is 16.2. The summed E-state index contributed by atoms with van der Waals surface area (Å²) < 4.78 is 0. The van der Waals surface area contributed by atoms with Crippen molar-refractivity contribution in [3.05, 3.63) is 0 Å². The van der Waals surface area contributed by atoms with Gasteiger partial charge < -0.3 is 10.2 Å². The summed E-state index contributed by atoms with van der Waals surface area (Å²) in [6.07, 6.45) is 1.74. The average molecular weight is 142 g/mol. The smallest absolute Gasteiger partial charge is 0.223 e. The van der Waals surface area contributed by atoms with E-state index in [0.717, 1.165) is 13.0 Å². The molecule has 1 amide bonds. The minimum absolute atomic E-state index is 0.255. The molecule has 0 aromatic heterocycles. The average Bonchev–Trinajstić information content (AvgIpc) is 1.95. The minimum atomic E-state index is 0.255. The topological polar surface area (TPSA) is 32.3 Å². The van der Waals surface area contributed by atoms with Crippen LogP contribution in [0.4, 0.5) is 0 Å². The molecule has 10 heavy (non-hydrogen) atoms. The van der Waals surface area contributed by atoms with Gasteiger partial charge in [0.1, 0.15) is 0 Å². The molecule has 0 aliphatic carbocycles. The highest BCUT2D eigenvalue weighted by molar-refractivity contribution is 5.77. The first-order valence-corrected chi connectivity index (χ1v) is 3.65. The third kappa shape index (κ3) is 1.48. The van der Waals surface area contributed by atoms with Crippen molar-refractivity contribution < 1.29 is 4.79 Å². The number of hydrogen-bond acceptors (Lipinski definition) is 2. The van der Waals surface area contributed by atoms with Crippen LogP contribution in [-0.2, 0) is 4.79 Å². The van der Waals surface area contributed by atoms with E-state index in [9.17, 15) is 4.79 Å². The predicted octanol–water partition coefficient (Wildman–Crippen LogP) is -0.173. The summed E-state index contributed by atoms with van der Waals surface area (Å²) >= 11 is 0. The van der Waals surface area contributed by atoms with Crippen LogP contribution in [0.25, 0.3) is 0 Å². The minimum Gasteiger partial charge on any atom is -0.346 e. The summed E-state index contributed by atoms with van der Waals surface area (Å²) in [4.78, 5) is 12.8. The van der Waals surface area contributed by atoms with Crippen molar-refractivity contribution in [1.29, 1.82) is 0 Å². The molecule has 1 fully saturated rings. The first-order chi connectivity index (χ1) is 4.74. The number of hydrogen-bond donors (Lipinski definition) is 1. The molecule has 1 saturated heterocycles. The summed E-state index contributed by atoms with van der Waals surface area (Å²) in [5, 5.41) is 3.11. The Labute approximate surface area is 61.4 Å². The zero-order valence-corrected chi connectivity index (χ0v) is 6.55. The lowest BCUT2D eigenvalue weighted by Gasteiger charge is -2.28. The standard InChI is InChI=1S/C7H14N2O/c1-8-6-3-4-9(2)7(10)5-6/h6,8H,3-5H2,1-2H3/t6-/m0/s1. The van der Waals surface area contributed by atoms with Crippen molar-refractivity contribution in [3.63, 3.8) is 0 Å². The Hall–Kier alpha value is -0.570. The molecule has 1 N–H and O–H groups in total. The number of nitrogens with zero attached hydrogens (tertiary/aromatic N) is 1. The Bertz CT molecular complexity index is 136. The Morgan fingerprint density at radius 2 is 2.40 bits per heavy atom. The molecule has 1 aliphatic heterocycles.